The maximum atomic E-state index is 10.9. The second kappa shape index (κ2) is 8.22. The quantitative estimate of drug-likeness (QED) is 0.541. The number of likely N-dealkylation sites (tertiary alicyclic amines) is 1. The van der Waals surface area contributed by atoms with Gasteiger partial charge in [0.15, 0.2) is 5.65 Å². The van der Waals surface area contributed by atoms with Gasteiger partial charge in [-0.3, -0.25) is 4.79 Å². The number of anilines is 2. The van der Waals surface area contributed by atoms with Crippen LogP contribution in [0.3, 0.4) is 0 Å². The number of hydrogen-bond donors (Lipinski definition) is 2. The van der Waals surface area contributed by atoms with Crippen LogP contribution in [0.5, 0.6) is 5.88 Å². The van der Waals surface area contributed by atoms with Gasteiger partial charge in [-0.15, -0.1) is 0 Å². The number of nitrogens with two attached hydrogens (primary N) is 1. The maximum absolute atomic E-state index is 10.9. The Morgan fingerprint density at radius 3 is 2.90 bits per heavy atom. The highest BCUT2D eigenvalue weighted by molar-refractivity contribution is 9.10. The van der Waals surface area contributed by atoms with Crippen molar-refractivity contribution < 1.29 is 9.53 Å². The topological polar surface area (TPSA) is 97.8 Å². The SMILES string of the molecule is Nc1c(Br)c(OCC2CCN(C=O)CC2)nc2c(C3=Cc4ccccc4NC3)cnn12. The summed E-state index contributed by atoms with van der Waals surface area (Å²) in [7, 11) is 0. The third-order valence-electron chi connectivity index (χ3n) is 5.95. The van der Waals surface area contributed by atoms with E-state index < -0.39 is 0 Å². The van der Waals surface area contributed by atoms with Gasteiger partial charge in [-0.1, -0.05) is 18.2 Å². The molecular formula is C22H23BrN6O2. The van der Waals surface area contributed by atoms with Crippen molar-refractivity contribution >= 4 is 51.1 Å². The van der Waals surface area contributed by atoms with Crippen LogP contribution in [0.2, 0.25) is 0 Å². The molecule has 31 heavy (non-hydrogen) atoms. The highest BCUT2D eigenvalue weighted by atomic mass is 79.9. The fourth-order valence-corrected chi connectivity index (χ4v) is 4.47. The normalized spacial score (nSPS) is 16.5. The van der Waals surface area contributed by atoms with Crippen molar-refractivity contribution in [3.63, 3.8) is 0 Å². The predicted octanol–water partition coefficient (Wildman–Crippen LogP) is 3.29. The first-order valence-electron chi connectivity index (χ1n) is 10.3. The number of benzene rings is 1. The summed E-state index contributed by atoms with van der Waals surface area (Å²) in [5, 5.41) is 7.90. The smallest absolute Gasteiger partial charge is 0.233 e. The lowest BCUT2D eigenvalue weighted by Gasteiger charge is -2.28. The number of para-hydroxylation sites is 1. The molecule has 2 aromatic heterocycles. The highest BCUT2D eigenvalue weighted by Crippen LogP contribution is 2.35. The van der Waals surface area contributed by atoms with Crippen LogP contribution in [0, 0.1) is 5.92 Å². The van der Waals surface area contributed by atoms with Crippen LogP contribution >= 0.6 is 15.9 Å². The van der Waals surface area contributed by atoms with Gasteiger partial charge in [0.25, 0.3) is 0 Å². The lowest BCUT2D eigenvalue weighted by atomic mass is 9.98. The average molecular weight is 483 g/mol. The molecule has 1 saturated heterocycles. The van der Waals surface area contributed by atoms with E-state index in [-0.39, 0.29) is 0 Å². The molecule has 1 aromatic carbocycles. The van der Waals surface area contributed by atoms with E-state index in [2.05, 4.69) is 44.6 Å². The Morgan fingerprint density at radius 2 is 2.10 bits per heavy atom. The number of piperidine rings is 1. The molecule has 8 nitrogen and oxygen atoms in total. The number of carbonyl (C=O) groups excluding carboxylic acids is 1. The van der Waals surface area contributed by atoms with E-state index in [4.69, 9.17) is 15.5 Å². The Labute approximate surface area is 188 Å². The minimum Gasteiger partial charge on any atom is -0.476 e. The summed E-state index contributed by atoms with van der Waals surface area (Å²) in [6.07, 6.45) is 6.71. The zero-order valence-corrected chi connectivity index (χ0v) is 18.5. The zero-order chi connectivity index (χ0) is 21.4. The third kappa shape index (κ3) is 3.74. The number of amides is 1. The number of halogens is 1. The molecule has 5 rings (SSSR count). The number of ether oxygens (including phenoxy) is 1. The van der Waals surface area contributed by atoms with Gasteiger partial charge in [-0.05, 0) is 58.0 Å². The second-order valence-corrected chi connectivity index (χ2v) is 8.71. The largest absolute Gasteiger partial charge is 0.476 e. The van der Waals surface area contributed by atoms with E-state index in [1.54, 1.807) is 15.6 Å². The first-order valence-corrected chi connectivity index (χ1v) is 11.1. The van der Waals surface area contributed by atoms with Crippen LogP contribution in [0.25, 0.3) is 17.3 Å². The van der Waals surface area contributed by atoms with E-state index >= 15 is 0 Å². The van der Waals surface area contributed by atoms with Crippen molar-refractivity contribution in [1.82, 2.24) is 19.5 Å². The predicted molar refractivity (Wildman–Crippen MR) is 124 cm³/mol. The summed E-state index contributed by atoms with van der Waals surface area (Å²) >= 11 is 3.52. The fourth-order valence-electron chi connectivity index (χ4n) is 4.10. The number of nitrogens with zero attached hydrogens (tertiary/aromatic N) is 4. The van der Waals surface area contributed by atoms with Crippen LogP contribution in [0.1, 0.15) is 24.0 Å². The van der Waals surface area contributed by atoms with Crippen LogP contribution in [0.15, 0.2) is 34.9 Å². The Hall–Kier alpha value is -3.07. The number of hydrogen-bond acceptors (Lipinski definition) is 6. The fraction of sp³-hybridized carbons (Fsp3) is 0.318. The lowest BCUT2D eigenvalue weighted by Crippen LogP contribution is -2.34. The molecule has 0 radical (unpaired) electrons. The van der Waals surface area contributed by atoms with Crippen LogP contribution in [0.4, 0.5) is 11.5 Å². The van der Waals surface area contributed by atoms with E-state index in [1.807, 2.05) is 12.1 Å². The van der Waals surface area contributed by atoms with Crippen molar-refractivity contribution in [2.75, 3.05) is 37.3 Å². The summed E-state index contributed by atoms with van der Waals surface area (Å²) in [5.41, 5.74) is 11.3. The highest BCUT2D eigenvalue weighted by Gasteiger charge is 2.22. The number of aromatic nitrogens is 3. The molecule has 4 heterocycles. The molecule has 0 unspecified atom stereocenters. The molecule has 3 N–H and O–H groups in total. The Bertz CT molecular complexity index is 1170. The molecule has 1 fully saturated rings. The summed E-state index contributed by atoms with van der Waals surface area (Å²) in [6.45, 7) is 2.75. The number of carbonyl (C=O) groups is 1. The van der Waals surface area contributed by atoms with Gasteiger partial charge in [0.05, 0.1) is 12.8 Å². The van der Waals surface area contributed by atoms with Gasteiger partial charge < -0.3 is 20.7 Å². The van der Waals surface area contributed by atoms with Crippen LogP contribution in [-0.4, -0.2) is 52.1 Å². The third-order valence-corrected chi connectivity index (χ3v) is 6.70. The van der Waals surface area contributed by atoms with E-state index in [9.17, 15) is 4.79 Å². The summed E-state index contributed by atoms with van der Waals surface area (Å²) in [6, 6.07) is 8.19. The molecule has 160 valence electrons. The summed E-state index contributed by atoms with van der Waals surface area (Å²) < 4.78 is 8.31. The minimum absolute atomic E-state index is 0.383. The van der Waals surface area contributed by atoms with Gasteiger partial charge in [0, 0.05) is 30.9 Å². The molecule has 9 heteroatoms. The maximum Gasteiger partial charge on any atom is 0.233 e. The molecule has 0 aliphatic carbocycles. The first kappa shape index (κ1) is 19.9. The van der Waals surface area contributed by atoms with Crippen LogP contribution in [-0.2, 0) is 4.79 Å². The van der Waals surface area contributed by atoms with E-state index in [0.29, 0.717) is 40.9 Å². The van der Waals surface area contributed by atoms with Crippen molar-refractivity contribution in [1.29, 1.82) is 0 Å². The number of fused-ring (bicyclic) bond motifs is 2. The van der Waals surface area contributed by atoms with Gasteiger partial charge in [-0.2, -0.15) is 14.6 Å². The number of nitrogen functional groups attached to an aromatic ring is 1. The summed E-state index contributed by atoms with van der Waals surface area (Å²) in [5.74, 6) is 1.30. The molecule has 3 aromatic rings. The average Bonchev–Trinajstić information content (AvgIpc) is 3.24. The van der Waals surface area contributed by atoms with Crippen molar-refractivity contribution in [2.24, 2.45) is 5.92 Å². The van der Waals surface area contributed by atoms with Crippen molar-refractivity contribution in [3.8, 4) is 5.88 Å². The van der Waals surface area contributed by atoms with Gasteiger partial charge in [0.1, 0.15) is 10.3 Å². The Balaban J connectivity index is 1.43. The van der Waals surface area contributed by atoms with Crippen molar-refractivity contribution in [2.45, 2.75) is 12.8 Å². The van der Waals surface area contributed by atoms with Gasteiger partial charge >= 0.3 is 0 Å². The Morgan fingerprint density at radius 1 is 1.29 bits per heavy atom. The summed E-state index contributed by atoms with van der Waals surface area (Å²) in [4.78, 5) is 17.5. The molecule has 2 aliphatic rings. The van der Waals surface area contributed by atoms with E-state index in [1.165, 1.54) is 0 Å². The van der Waals surface area contributed by atoms with E-state index in [0.717, 1.165) is 54.7 Å². The number of nitrogens with one attached hydrogen (secondary N) is 1. The molecule has 0 saturated carbocycles. The number of rotatable bonds is 5. The van der Waals surface area contributed by atoms with Gasteiger partial charge in [0.2, 0.25) is 12.3 Å². The zero-order valence-electron chi connectivity index (χ0n) is 16.9. The molecule has 0 bridgehead atoms. The molecular weight excluding hydrogens is 460 g/mol. The lowest BCUT2D eigenvalue weighted by molar-refractivity contribution is -0.119. The van der Waals surface area contributed by atoms with Crippen LogP contribution < -0.4 is 15.8 Å². The van der Waals surface area contributed by atoms with Crippen molar-refractivity contribution in [3.05, 3.63) is 46.1 Å². The first-order chi connectivity index (χ1) is 15.1. The molecule has 1 amide bonds. The molecule has 0 atom stereocenters. The second-order valence-electron chi connectivity index (χ2n) is 7.92. The monoisotopic (exact) mass is 482 g/mol. The standard InChI is InChI=1S/C22H23BrN6O2/c23-19-20(24)29-21(27-22(19)31-12-14-5-7-28(13-30)8-6-14)17(11-26-29)16-9-15-3-1-2-4-18(15)25-10-16/h1-4,9,11,13-14,25H,5-8,10,12,24H2. The Kier molecular flexibility index (Phi) is 5.27. The minimum atomic E-state index is 0.383. The molecule has 2 aliphatic heterocycles. The van der Waals surface area contributed by atoms with Gasteiger partial charge in [-0.25, -0.2) is 0 Å². The molecule has 0 spiro atoms.